The Bertz CT molecular complexity index is 822. The van der Waals surface area contributed by atoms with E-state index in [2.05, 4.69) is 0 Å². The zero-order chi connectivity index (χ0) is 16.1. The molecular formula is C16H18N2O3S. The van der Waals surface area contributed by atoms with Crippen LogP contribution in [0.5, 0.6) is 0 Å². The maximum Gasteiger partial charge on any atom is 0.295 e. The van der Waals surface area contributed by atoms with Gasteiger partial charge in [0.1, 0.15) is 4.90 Å². The maximum absolute atomic E-state index is 11.7. The molecule has 22 heavy (non-hydrogen) atoms. The molecule has 1 unspecified atom stereocenters. The summed E-state index contributed by atoms with van der Waals surface area (Å²) in [6.45, 7) is 1.84. The van der Waals surface area contributed by atoms with Crippen LogP contribution < -0.4 is 0 Å². The number of hydrogen-bond acceptors (Lipinski definition) is 4. The SMILES string of the molecule is Cc1c(C2=C3CCC(C3)C2)cc(S(=O)(=O)O)c(C=N)c1C=N. The zero-order valence-electron chi connectivity index (χ0n) is 12.3. The lowest BCUT2D eigenvalue weighted by atomic mass is 9.88. The smallest absolute Gasteiger partial charge is 0.295 e. The molecule has 6 heteroatoms. The molecule has 5 nitrogen and oxygen atoms in total. The Hall–Kier alpha value is -1.79. The van der Waals surface area contributed by atoms with Crippen molar-refractivity contribution in [3.63, 3.8) is 0 Å². The van der Waals surface area contributed by atoms with Crippen LogP contribution in [0.25, 0.3) is 5.57 Å². The Morgan fingerprint density at radius 1 is 1.23 bits per heavy atom. The van der Waals surface area contributed by atoms with Crippen LogP contribution in [0, 0.1) is 23.7 Å². The van der Waals surface area contributed by atoms with Crippen molar-refractivity contribution in [3.8, 4) is 0 Å². The largest absolute Gasteiger partial charge is 0.308 e. The van der Waals surface area contributed by atoms with Crippen LogP contribution in [0.4, 0.5) is 0 Å². The van der Waals surface area contributed by atoms with Crippen LogP contribution in [-0.2, 0) is 10.1 Å². The molecule has 116 valence electrons. The van der Waals surface area contributed by atoms with Gasteiger partial charge >= 0.3 is 0 Å². The summed E-state index contributed by atoms with van der Waals surface area (Å²) in [5.74, 6) is 0.643. The van der Waals surface area contributed by atoms with E-state index in [0.29, 0.717) is 11.5 Å². The van der Waals surface area contributed by atoms with Gasteiger partial charge in [-0.05, 0) is 61.3 Å². The summed E-state index contributed by atoms with van der Waals surface area (Å²) < 4.78 is 32.8. The minimum absolute atomic E-state index is 0.0764. The van der Waals surface area contributed by atoms with Gasteiger partial charge in [0.2, 0.25) is 0 Å². The van der Waals surface area contributed by atoms with Crippen molar-refractivity contribution in [2.45, 2.75) is 37.5 Å². The van der Waals surface area contributed by atoms with Gasteiger partial charge in [0, 0.05) is 23.6 Å². The van der Waals surface area contributed by atoms with Crippen molar-refractivity contribution in [2.75, 3.05) is 0 Å². The highest BCUT2D eigenvalue weighted by Gasteiger charge is 2.32. The fourth-order valence-corrected chi connectivity index (χ4v) is 4.48. The van der Waals surface area contributed by atoms with Crippen LogP contribution in [0.3, 0.4) is 0 Å². The summed E-state index contributed by atoms with van der Waals surface area (Å²) in [4.78, 5) is -0.280. The van der Waals surface area contributed by atoms with Crippen LogP contribution >= 0.6 is 0 Å². The monoisotopic (exact) mass is 318 g/mol. The number of benzene rings is 1. The second kappa shape index (κ2) is 5.14. The van der Waals surface area contributed by atoms with E-state index in [9.17, 15) is 13.0 Å². The minimum atomic E-state index is -4.44. The van der Waals surface area contributed by atoms with Crippen molar-refractivity contribution in [3.05, 3.63) is 33.9 Å². The van der Waals surface area contributed by atoms with Crippen molar-refractivity contribution < 1.29 is 13.0 Å². The van der Waals surface area contributed by atoms with E-state index in [-0.39, 0.29) is 10.5 Å². The molecule has 3 N–H and O–H groups in total. The molecule has 0 heterocycles. The first kappa shape index (κ1) is 15.1. The molecule has 0 aromatic heterocycles. The molecule has 1 aromatic carbocycles. The summed E-state index contributed by atoms with van der Waals surface area (Å²) >= 11 is 0. The number of hydrogen-bond donors (Lipinski definition) is 3. The average molecular weight is 318 g/mol. The lowest BCUT2D eigenvalue weighted by molar-refractivity contribution is 0.483. The topological polar surface area (TPSA) is 102 Å². The summed E-state index contributed by atoms with van der Waals surface area (Å²) in [6, 6.07) is 1.47. The van der Waals surface area contributed by atoms with Gasteiger partial charge in [-0.3, -0.25) is 4.55 Å². The van der Waals surface area contributed by atoms with Gasteiger partial charge in [-0.25, -0.2) is 0 Å². The van der Waals surface area contributed by atoms with E-state index in [1.165, 1.54) is 23.6 Å². The molecule has 0 saturated heterocycles. The first-order valence-electron chi connectivity index (χ1n) is 7.24. The molecule has 1 aromatic rings. The van der Waals surface area contributed by atoms with Crippen molar-refractivity contribution in [1.29, 1.82) is 10.8 Å². The highest BCUT2D eigenvalue weighted by Crippen LogP contribution is 2.49. The van der Waals surface area contributed by atoms with Crippen LogP contribution in [-0.4, -0.2) is 25.4 Å². The van der Waals surface area contributed by atoms with E-state index in [4.69, 9.17) is 10.8 Å². The van der Waals surface area contributed by atoms with Gasteiger partial charge in [-0.2, -0.15) is 8.42 Å². The maximum atomic E-state index is 11.7. The Kier molecular flexibility index (Phi) is 3.53. The fourth-order valence-electron chi connectivity index (χ4n) is 3.77. The van der Waals surface area contributed by atoms with E-state index in [1.54, 1.807) is 0 Å². The second-order valence-corrected chi connectivity index (χ2v) is 7.42. The van der Waals surface area contributed by atoms with Gasteiger partial charge in [0.25, 0.3) is 10.1 Å². The van der Waals surface area contributed by atoms with Crippen LogP contribution in [0.1, 0.15) is 47.9 Å². The number of nitrogens with one attached hydrogen (secondary N) is 2. The van der Waals surface area contributed by atoms with E-state index >= 15 is 0 Å². The molecule has 2 bridgehead atoms. The predicted molar refractivity (Wildman–Crippen MR) is 85.6 cm³/mol. The standard InChI is InChI=1S/C16H18N2O3S/c1-9-12(13-5-10-2-3-11(13)4-10)6-16(22(19,20)21)15(8-18)14(9)7-17/h6-8,10,17-18H,2-5H2,1H3,(H,19,20,21). The van der Waals surface area contributed by atoms with E-state index in [0.717, 1.165) is 42.8 Å². The molecule has 2 aliphatic rings. The number of fused-ring (bicyclic) bond motifs is 2. The summed E-state index contributed by atoms with van der Waals surface area (Å²) in [5.41, 5.74) is 4.60. The fraction of sp³-hybridized carbons (Fsp3) is 0.375. The molecule has 1 fully saturated rings. The van der Waals surface area contributed by atoms with E-state index < -0.39 is 10.1 Å². The number of rotatable bonds is 4. The Morgan fingerprint density at radius 2 is 1.91 bits per heavy atom. The van der Waals surface area contributed by atoms with E-state index in [1.807, 2.05) is 6.92 Å². The molecule has 0 radical (unpaired) electrons. The third-order valence-corrected chi connectivity index (χ3v) is 5.73. The lowest BCUT2D eigenvalue weighted by Gasteiger charge is -2.19. The molecular weight excluding hydrogens is 300 g/mol. The summed E-state index contributed by atoms with van der Waals surface area (Å²) in [5, 5.41) is 15.0. The molecule has 1 saturated carbocycles. The van der Waals surface area contributed by atoms with Gasteiger partial charge < -0.3 is 10.8 Å². The lowest BCUT2D eigenvalue weighted by Crippen LogP contribution is -2.10. The molecule has 1 atom stereocenters. The molecule has 0 aliphatic heterocycles. The molecule has 2 aliphatic carbocycles. The predicted octanol–water partition coefficient (Wildman–Crippen LogP) is 3.19. The highest BCUT2D eigenvalue weighted by atomic mass is 32.2. The van der Waals surface area contributed by atoms with Crippen LogP contribution in [0.15, 0.2) is 16.5 Å². The first-order chi connectivity index (χ1) is 10.4. The minimum Gasteiger partial charge on any atom is -0.308 e. The average Bonchev–Trinajstić information content (AvgIpc) is 3.07. The van der Waals surface area contributed by atoms with Gasteiger partial charge in [-0.15, -0.1) is 0 Å². The van der Waals surface area contributed by atoms with Crippen molar-refractivity contribution >= 4 is 28.1 Å². The third kappa shape index (κ3) is 2.23. The first-order valence-corrected chi connectivity index (χ1v) is 8.68. The Balaban J connectivity index is 2.33. The zero-order valence-corrected chi connectivity index (χ0v) is 13.1. The molecule has 0 spiro atoms. The summed E-state index contributed by atoms with van der Waals surface area (Å²) in [7, 11) is -4.44. The van der Waals surface area contributed by atoms with Crippen LogP contribution in [0.2, 0.25) is 0 Å². The Morgan fingerprint density at radius 3 is 2.36 bits per heavy atom. The molecule has 3 rings (SSSR count). The van der Waals surface area contributed by atoms with Gasteiger partial charge in [-0.1, -0.05) is 5.57 Å². The number of allylic oxidation sites excluding steroid dienone is 2. The summed E-state index contributed by atoms with van der Waals surface area (Å²) in [6.07, 6.45) is 6.20. The highest BCUT2D eigenvalue weighted by molar-refractivity contribution is 7.86. The van der Waals surface area contributed by atoms with Gasteiger partial charge in [0.05, 0.1) is 0 Å². The van der Waals surface area contributed by atoms with Gasteiger partial charge in [0.15, 0.2) is 0 Å². The Labute approximate surface area is 129 Å². The normalized spacial score (nSPS) is 20.5. The third-order valence-electron chi connectivity index (χ3n) is 4.84. The second-order valence-electron chi connectivity index (χ2n) is 6.03. The van der Waals surface area contributed by atoms with Crippen molar-refractivity contribution in [2.24, 2.45) is 5.92 Å². The van der Waals surface area contributed by atoms with Crippen molar-refractivity contribution in [1.82, 2.24) is 0 Å². The molecule has 0 amide bonds. The quantitative estimate of drug-likeness (QED) is 0.587.